The summed E-state index contributed by atoms with van der Waals surface area (Å²) < 4.78 is 26.2. The summed E-state index contributed by atoms with van der Waals surface area (Å²) in [6.45, 7) is 0. The standard InChI is InChI=1S/C11H15NO3S/c1-15-11-7-5-10(6-8-11)4-2-3-9-16(12,13)14/h3,5-9H,2,4H2,1H3,(H2,12,13,14). The van der Waals surface area contributed by atoms with Crippen LogP contribution in [0.5, 0.6) is 5.75 Å². The van der Waals surface area contributed by atoms with Crippen molar-refractivity contribution in [2.24, 2.45) is 5.14 Å². The van der Waals surface area contributed by atoms with Crippen molar-refractivity contribution >= 4 is 10.0 Å². The molecule has 2 N–H and O–H groups in total. The van der Waals surface area contributed by atoms with Gasteiger partial charge in [0.15, 0.2) is 0 Å². The highest BCUT2D eigenvalue weighted by Crippen LogP contribution is 2.12. The van der Waals surface area contributed by atoms with E-state index in [2.05, 4.69) is 0 Å². The van der Waals surface area contributed by atoms with Crippen molar-refractivity contribution in [3.8, 4) is 5.75 Å². The minimum Gasteiger partial charge on any atom is -0.497 e. The minimum absolute atomic E-state index is 0.642. The van der Waals surface area contributed by atoms with Gasteiger partial charge >= 0.3 is 0 Å². The number of allylic oxidation sites excluding steroid dienone is 1. The molecule has 0 fully saturated rings. The molecule has 0 saturated carbocycles. The van der Waals surface area contributed by atoms with Crippen LogP contribution in [0.1, 0.15) is 12.0 Å². The molecular weight excluding hydrogens is 226 g/mol. The monoisotopic (exact) mass is 241 g/mol. The maximum atomic E-state index is 10.6. The van der Waals surface area contributed by atoms with Gasteiger partial charge in [-0.05, 0) is 30.5 Å². The van der Waals surface area contributed by atoms with Gasteiger partial charge in [0, 0.05) is 5.41 Å². The number of hydrogen-bond donors (Lipinski definition) is 1. The van der Waals surface area contributed by atoms with Gasteiger partial charge in [0.2, 0.25) is 10.0 Å². The fraction of sp³-hybridized carbons (Fsp3) is 0.273. The van der Waals surface area contributed by atoms with E-state index in [9.17, 15) is 8.42 Å². The third-order valence-electron chi connectivity index (χ3n) is 2.04. The average Bonchev–Trinajstić information content (AvgIpc) is 2.24. The van der Waals surface area contributed by atoms with E-state index in [1.807, 2.05) is 24.3 Å². The molecular formula is C11H15NO3S. The summed E-state index contributed by atoms with van der Waals surface area (Å²) >= 11 is 0. The van der Waals surface area contributed by atoms with E-state index in [0.29, 0.717) is 6.42 Å². The zero-order valence-corrected chi connectivity index (χ0v) is 9.91. The summed E-state index contributed by atoms with van der Waals surface area (Å²) in [5.74, 6) is 0.809. The maximum absolute atomic E-state index is 10.6. The maximum Gasteiger partial charge on any atom is 0.230 e. The van der Waals surface area contributed by atoms with Crippen LogP contribution in [-0.4, -0.2) is 15.5 Å². The Morgan fingerprint density at radius 1 is 1.31 bits per heavy atom. The smallest absolute Gasteiger partial charge is 0.230 e. The van der Waals surface area contributed by atoms with Crippen molar-refractivity contribution in [2.45, 2.75) is 12.8 Å². The lowest BCUT2D eigenvalue weighted by Gasteiger charge is -2.01. The van der Waals surface area contributed by atoms with E-state index in [0.717, 1.165) is 23.1 Å². The molecule has 5 heteroatoms. The number of sulfonamides is 1. The van der Waals surface area contributed by atoms with Crippen LogP contribution < -0.4 is 9.88 Å². The van der Waals surface area contributed by atoms with Crippen LogP contribution in [0.25, 0.3) is 0 Å². The van der Waals surface area contributed by atoms with Gasteiger partial charge in [0.05, 0.1) is 7.11 Å². The van der Waals surface area contributed by atoms with Crippen LogP contribution >= 0.6 is 0 Å². The lowest BCUT2D eigenvalue weighted by molar-refractivity contribution is 0.414. The van der Waals surface area contributed by atoms with Crippen LogP contribution in [0.4, 0.5) is 0 Å². The first-order chi connectivity index (χ1) is 7.51. The SMILES string of the molecule is COc1ccc(CCC=CS(N)(=O)=O)cc1. The summed E-state index contributed by atoms with van der Waals surface area (Å²) in [7, 11) is -1.87. The zero-order chi connectivity index (χ0) is 12.0. The lowest BCUT2D eigenvalue weighted by atomic mass is 10.1. The second-order valence-electron chi connectivity index (χ2n) is 3.35. The first-order valence-corrected chi connectivity index (χ1v) is 6.44. The highest BCUT2D eigenvalue weighted by atomic mass is 32.2. The number of primary sulfonamides is 1. The topological polar surface area (TPSA) is 69.4 Å². The van der Waals surface area contributed by atoms with Crippen molar-refractivity contribution in [3.63, 3.8) is 0 Å². The van der Waals surface area contributed by atoms with Gasteiger partial charge in [-0.2, -0.15) is 0 Å². The molecule has 4 nitrogen and oxygen atoms in total. The Hall–Kier alpha value is -1.33. The fourth-order valence-corrected chi connectivity index (χ4v) is 1.65. The molecule has 0 aliphatic carbocycles. The Labute approximate surface area is 95.8 Å². The van der Waals surface area contributed by atoms with E-state index in [4.69, 9.17) is 9.88 Å². The van der Waals surface area contributed by atoms with Crippen LogP contribution in [0, 0.1) is 0 Å². The molecule has 1 rings (SSSR count). The highest BCUT2D eigenvalue weighted by molar-refractivity contribution is 7.92. The van der Waals surface area contributed by atoms with Crippen LogP contribution in [0.15, 0.2) is 35.7 Å². The number of methoxy groups -OCH3 is 1. The van der Waals surface area contributed by atoms with Crippen LogP contribution in [0.3, 0.4) is 0 Å². The van der Waals surface area contributed by atoms with E-state index in [1.165, 1.54) is 0 Å². The van der Waals surface area contributed by atoms with Crippen LogP contribution in [0.2, 0.25) is 0 Å². The third-order valence-corrected chi connectivity index (χ3v) is 2.62. The number of ether oxygens (including phenoxy) is 1. The Bertz CT molecular complexity index is 449. The quantitative estimate of drug-likeness (QED) is 0.847. The first-order valence-electron chi connectivity index (χ1n) is 4.83. The minimum atomic E-state index is -3.49. The Balaban J connectivity index is 2.46. The molecule has 0 bridgehead atoms. The Morgan fingerprint density at radius 3 is 2.44 bits per heavy atom. The number of rotatable bonds is 5. The van der Waals surface area contributed by atoms with Crippen molar-refractivity contribution < 1.29 is 13.2 Å². The Morgan fingerprint density at radius 2 is 1.94 bits per heavy atom. The normalized spacial score (nSPS) is 11.9. The van der Waals surface area contributed by atoms with Gasteiger partial charge in [-0.25, -0.2) is 13.6 Å². The molecule has 0 spiro atoms. The first kappa shape index (κ1) is 12.7. The molecule has 1 aromatic carbocycles. The third kappa shape index (κ3) is 4.95. The summed E-state index contributed by atoms with van der Waals surface area (Å²) in [5, 5.41) is 5.85. The largest absolute Gasteiger partial charge is 0.497 e. The zero-order valence-electron chi connectivity index (χ0n) is 9.09. The van der Waals surface area contributed by atoms with Crippen molar-refractivity contribution in [3.05, 3.63) is 41.3 Å². The fourth-order valence-electron chi connectivity index (χ4n) is 1.24. The molecule has 0 radical (unpaired) electrons. The van der Waals surface area contributed by atoms with Crippen LogP contribution in [-0.2, 0) is 16.4 Å². The Kier molecular flexibility index (Phi) is 4.52. The lowest BCUT2D eigenvalue weighted by Crippen LogP contribution is -2.06. The molecule has 0 saturated heterocycles. The number of nitrogens with two attached hydrogens (primary N) is 1. The molecule has 16 heavy (non-hydrogen) atoms. The molecule has 88 valence electrons. The predicted molar refractivity (Wildman–Crippen MR) is 63.6 cm³/mol. The molecule has 0 aromatic heterocycles. The van der Waals surface area contributed by atoms with Crippen molar-refractivity contribution in [1.82, 2.24) is 0 Å². The van der Waals surface area contributed by atoms with Gasteiger partial charge in [-0.1, -0.05) is 18.2 Å². The second-order valence-corrected chi connectivity index (χ2v) is 4.80. The number of benzene rings is 1. The number of hydrogen-bond acceptors (Lipinski definition) is 3. The molecule has 0 unspecified atom stereocenters. The molecule has 0 aliphatic heterocycles. The highest BCUT2D eigenvalue weighted by Gasteiger charge is 1.95. The molecule has 0 heterocycles. The van der Waals surface area contributed by atoms with Gasteiger partial charge in [-0.15, -0.1) is 0 Å². The number of aryl methyl sites for hydroxylation is 1. The average molecular weight is 241 g/mol. The summed E-state index contributed by atoms with van der Waals surface area (Å²) in [4.78, 5) is 0. The molecule has 1 aromatic rings. The van der Waals surface area contributed by atoms with Crippen molar-refractivity contribution in [2.75, 3.05) is 7.11 Å². The van der Waals surface area contributed by atoms with Gasteiger partial charge in [-0.3, -0.25) is 0 Å². The van der Waals surface area contributed by atoms with E-state index in [-0.39, 0.29) is 0 Å². The van der Waals surface area contributed by atoms with Gasteiger partial charge in [0.25, 0.3) is 0 Å². The van der Waals surface area contributed by atoms with E-state index < -0.39 is 10.0 Å². The van der Waals surface area contributed by atoms with Gasteiger partial charge < -0.3 is 4.74 Å². The van der Waals surface area contributed by atoms with Gasteiger partial charge in [0.1, 0.15) is 5.75 Å². The van der Waals surface area contributed by atoms with E-state index >= 15 is 0 Å². The summed E-state index contributed by atoms with van der Waals surface area (Å²) in [6, 6.07) is 7.64. The molecule has 0 atom stereocenters. The van der Waals surface area contributed by atoms with Crippen molar-refractivity contribution in [1.29, 1.82) is 0 Å². The second kappa shape index (κ2) is 5.67. The summed E-state index contributed by atoms with van der Waals surface area (Å²) in [6.07, 6.45) is 2.97. The summed E-state index contributed by atoms with van der Waals surface area (Å²) in [5.41, 5.74) is 1.12. The molecule has 0 amide bonds. The molecule has 0 aliphatic rings. The van der Waals surface area contributed by atoms with E-state index in [1.54, 1.807) is 13.2 Å². The predicted octanol–water partition coefficient (Wildman–Crippen LogP) is 1.43.